The summed E-state index contributed by atoms with van der Waals surface area (Å²) >= 11 is 6.08. The van der Waals surface area contributed by atoms with Gasteiger partial charge in [0.25, 0.3) is 5.91 Å². The smallest absolute Gasteiger partial charge is 0.338 e. The van der Waals surface area contributed by atoms with Crippen LogP contribution in [0.15, 0.2) is 42.5 Å². The van der Waals surface area contributed by atoms with Crippen LogP contribution in [0.4, 0.5) is 0 Å². The van der Waals surface area contributed by atoms with E-state index in [9.17, 15) is 9.59 Å². The fourth-order valence-electron chi connectivity index (χ4n) is 2.67. The number of hydrogen-bond donors (Lipinski definition) is 1. The molecule has 7 heteroatoms. The molecule has 1 N–H and O–H groups in total. The van der Waals surface area contributed by atoms with E-state index in [-0.39, 0.29) is 29.1 Å². The molecular formula is C21H24ClNO5. The summed E-state index contributed by atoms with van der Waals surface area (Å²) in [7, 11) is 2.89. The Morgan fingerprint density at radius 2 is 1.82 bits per heavy atom. The summed E-state index contributed by atoms with van der Waals surface area (Å²) in [6.07, 6.45) is 1.64. The molecule has 0 aliphatic carbocycles. The molecule has 0 spiro atoms. The van der Waals surface area contributed by atoms with Gasteiger partial charge in [-0.2, -0.15) is 0 Å². The highest BCUT2D eigenvalue weighted by Gasteiger charge is 2.17. The third-order valence-electron chi connectivity index (χ3n) is 4.12. The van der Waals surface area contributed by atoms with Gasteiger partial charge in [-0.1, -0.05) is 41.9 Å². The Labute approximate surface area is 169 Å². The maximum absolute atomic E-state index is 12.2. The van der Waals surface area contributed by atoms with Crippen molar-refractivity contribution in [1.29, 1.82) is 0 Å². The Bertz CT molecular complexity index is 810. The van der Waals surface area contributed by atoms with E-state index in [0.717, 1.165) is 12.8 Å². The predicted octanol–water partition coefficient (Wildman–Crippen LogP) is 3.65. The third-order valence-corrected chi connectivity index (χ3v) is 4.40. The zero-order chi connectivity index (χ0) is 20.5. The van der Waals surface area contributed by atoms with Gasteiger partial charge in [0.05, 0.1) is 24.8 Å². The quantitative estimate of drug-likeness (QED) is 0.644. The van der Waals surface area contributed by atoms with Crippen molar-refractivity contribution in [3.8, 4) is 11.5 Å². The van der Waals surface area contributed by atoms with E-state index in [2.05, 4.69) is 5.32 Å². The molecule has 150 valence electrons. The van der Waals surface area contributed by atoms with Crippen LogP contribution in [0.3, 0.4) is 0 Å². The number of rotatable bonds is 9. The first-order chi connectivity index (χ1) is 13.4. The first-order valence-corrected chi connectivity index (χ1v) is 9.24. The average Bonchev–Trinajstić information content (AvgIpc) is 2.70. The van der Waals surface area contributed by atoms with Crippen molar-refractivity contribution in [2.75, 3.05) is 20.8 Å². The molecule has 0 bridgehead atoms. The number of nitrogens with one attached hydrogen (secondary N) is 1. The number of esters is 1. The zero-order valence-corrected chi connectivity index (χ0v) is 16.9. The van der Waals surface area contributed by atoms with Crippen LogP contribution in [-0.4, -0.2) is 38.7 Å². The lowest BCUT2D eigenvalue weighted by Crippen LogP contribution is -2.36. The van der Waals surface area contributed by atoms with Crippen LogP contribution in [0.5, 0.6) is 11.5 Å². The summed E-state index contributed by atoms with van der Waals surface area (Å²) in [6, 6.07) is 12.8. The van der Waals surface area contributed by atoms with Gasteiger partial charge in [-0.15, -0.1) is 0 Å². The van der Waals surface area contributed by atoms with Crippen molar-refractivity contribution in [2.24, 2.45) is 0 Å². The highest BCUT2D eigenvalue weighted by molar-refractivity contribution is 6.32. The maximum atomic E-state index is 12.2. The monoisotopic (exact) mass is 405 g/mol. The number of methoxy groups -OCH3 is 2. The van der Waals surface area contributed by atoms with Crippen LogP contribution in [0.1, 0.15) is 29.3 Å². The van der Waals surface area contributed by atoms with E-state index in [1.54, 1.807) is 0 Å². The Balaban J connectivity index is 1.83. The van der Waals surface area contributed by atoms with Crippen LogP contribution >= 0.6 is 11.6 Å². The second kappa shape index (κ2) is 10.6. The molecule has 0 aliphatic heterocycles. The predicted molar refractivity (Wildman–Crippen MR) is 107 cm³/mol. The molecule has 0 unspecified atom stereocenters. The Hall–Kier alpha value is -2.73. The first kappa shape index (κ1) is 21.6. The van der Waals surface area contributed by atoms with Gasteiger partial charge in [0, 0.05) is 6.04 Å². The lowest BCUT2D eigenvalue weighted by atomic mass is 10.1. The van der Waals surface area contributed by atoms with Gasteiger partial charge < -0.3 is 19.5 Å². The van der Waals surface area contributed by atoms with Crippen molar-refractivity contribution in [3.63, 3.8) is 0 Å². The second-order valence-corrected chi connectivity index (χ2v) is 6.67. The van der Waals surface area contributed by atoms with E-state index in [1.165, 1.54) is 31.9 Å². The average molecular weight is 406 g/mol. The number of amides is 1. The molecule has 0 saturated carbocycles. The van der Waals surface area contributed by atoms with Crippen LogP contribution < -0.4 is 14.8 Å². The van der Waals surface area contributed by atoms with Gasteiger partial charge in [0.2, 0.25) is 0 Å². The Morgan fingerprint density at radius 1 is 1.11 bits per heavy atom. The molecule has 0 fully saturated rings. The van der Waals surface area contributed by atoms with Gasteiger partial charge in [-0.3, -0.25) is 4.79 Å². The largest absolute Gasteiger partial charge is 0.493 e. The summed E-state index contributed by atoms with van der Waals surface area (Å²) < 4.78 is 15.4. The lowest BCUT2D eigenvalue weighted by Gasteiger charge is -2.14. The molecule has 0 saturated heterocycles. The molecule has 28 heavy (non-hydrogen) atoms. The molecule has 0 aromatic heterocycles. The maximum Gasteiger partial charge on any atom is 0.338 e. The molecule has 2 aromatic rings. The molecular weight excluding hydrogens is 382 g/mol. The van der Waals surface area contributed by atoms with Crippen LogP contribution in [-0.2, 0) is 16.0 Å². The van der Waals surface area contributed by atoms with Crippen molar-refractivity contribution in [1.82, 2.24) is 5.32 Å². The summed E-state index contributed by atoms with van der Waals surface area (Å²) in [5.41, 5.74) is 1.38. The fourth-order valence-corrected chi connectivity index (χ4v) is 2.95. The number of aryl methyl sites for hydroxylation is 1. The molecule has 2 aromatic carbocycles. The molecule has 1 amide bonds. The number of benzene rings is 2. The van der Waals surface area contributed by atoms with E-state index >= 15 is 0 Å². The van der Waals surface area contributed by atoms with Crippen LogP contribution in [0.2, 0.25) is 5.02 Å². The minimum atomic E-state index is -0.671. The van der Waals surface area contributed by atoms with Crippen molar-refractivity contribution in [2.45, 2.75) is 25.8 Å². The highest BCUT2D eigenvalue weighted by Crippen LogP contribution is 2.36. The normalized spacial score (nSPS) is 11.4. The molecule has 2 rings (SSSR count). The summed E-state index contributed by atoms with van der Waals surface area (Å²) in [5, 5.41) is 3.04. The molecule has 0 aliphatic rings. The number of ether oxygens (including phenoxy) is 3. The topological polar surface area (TPSA) is 73.9 Å². The van der Waals surface area contributed by atoms with E-state index in [0.29, 0.717) is 11.5 Å². The highest BCUT2D eigenvalue weighted by atomic mass is 35.5. The van der Waals surface area contributed by atoms with Gasteiger partial charge in [-0.25, -0.2) is 4.79 Å². The second-order valence-electron chi connectivity index (χ2n) is 6.26. The SMILES string of the molecule is COc1cc(C(=O)OCC(=O)N[C@H](C)CCc2ccccc2)cc(Cl)c1OC. The number of hydrogen-bond acceptors (Lipinski definition) is 5. The number of carbonyl (C=O) groups excluding carboxylic acids is 2. The standard InChI is InChI=1S/C21H24ClNO5/c1-14(9-10-15-7-5-4-6-8-15)23-19(24)13-28-21(25)16-11-17(22)20(27-3)18(12-16)26-2/h4-8,11-12,14H,9-10,13H2,1-3H3,(H,23,24)/t14-/m1/s1. The molecule has 0 heterocycles. The van der Waals surface area contributed by atoms with E-state index in [4.69, 9.17) is 25.8 Å². The van der Waals surface area contributed by atoms with Gasteiger partial charge in [-0.05, 0) is 37.5 Å². The molecule has 6 nitrogen and oxygen atoms in total. The third kappa shape index (κ3) is 6.16. The fraction of sp³-hybridized carbons (Fsp3) is 0.333. The van der Waals surface area contributed by atoms with Crippen molar-refractivity contribution >= 4 is 23.5 Å². The molecule has 1 atom stereocenters. The summed E-state index contributed by atoms with van der Waals surface area (Å²) in [6.45, 7) is 1.54. The van der Waals surface area contributed by atoms with Gasteiger partial charge in [0.15, 0.2) is 18.1 Å². The lowest BCUT2D eigenvalue weighted by molar-refractivity contribution is -0.124. The minimum Gasteiger partial charge on any atom is -0.493 e. The zero-order valence-electron chi connectivity index (χ0n) is 16.2. The summed E-state index contributed by atoms with van der Waals surface area (Å²) in [4.78, 5) is 24.2. The number of carbonyl (C=O) groups is 2. The first-order valence-electron chi connectivity index (χ1n) is 8.86. The number of halogens is 1. The van der Waals surface area contributed by atoms with Gasteiger partial charge >= 0.3 is 5.97 Å². The molecule has 0 radical (unpaired) electrons. The van der Waals surface area contributed by atoms with Crippen molar-refractivity contribution < 1.29 is 23.8 Å². The van der Waals surface area contributed by atoms with Gasteiger partial charge in [0.1, 0.15) is 0 Å². The summed E-state index contributed by atoms with van der Waals surface area (Å²) in [5.74, 6) is -0.401. The van der Waals surface area contributed by atoms with Crippen LogP contribution in [0, 0.1) is 0 Å². The van der Waals surface area contributed by atoms with Crippen LogP contribution in [0.25, 0.3) is 0 Å². The van der Waals surface area contributed by atoms with E-state index in [1.807, 2.05) is 37.3 Å². The Morgan fingerprint density at radius 3 is 2.46 bits per heavy atom. The van der Waals surface area contributed by atoms with E-state index < -0.39 is 5.97 Å². The Kier molecular flexibility index (Phi) is 8.14. The minimum absolute atomic E-state index is 0.0399. The van der Waals surface area contributed by atoms with Crippen molar-refractivity contribution in [3.05, 3.63) is 58.6 Å².